The van der Waals surface area contributed by atoms with Gasteiger partial charge in [-0.05, 0) is 53.8 Å². The lowest BCUT2D eigenvalue weighted by molar-refractivity contribution is -0.142. The SMILES string of the molecule is COC(=O)OC[C@@H](NC(=O)N[C@H](C(=O)N1CC2[C@@H](C1C(O)NC(CC1CC1)C(=O)C(N)=O)C2(C)C)C(C)(C)C)C1CCC1. The number of aliphatic hydroxyl groups excluding tert-OH is 1. The molecule has 4 unspecified atom stereocenters. The quantitative estimate of drug-likeness (QED) is 0.117. The van der Waals surface area contributed by atoms with Crippen molar-refractivity contribution in [2.75, 3.05) is 20.3 Å². The maximum Gasteiger partial charge on any atom is 0.508 e. The Balaban J connectivity index is 1.48. The van der Waals surface area contributed by atoms with Crippen LogP contribution in [0.15, 0.2) is 0 Å². The van der Waals surface area contributed by atoms with Crippen LogP contribution in [0.4, 0.5) is 9.59 Å². The Labute approximate surface area is 253 Å². The van der Waals surface area contributed by atoms with Crippen molar-refractivity contribution in [3.8, 4) is 0 Å². The Hall–Kier alpha value is -2.93. The molecule has 0 bridgehead atoms. The van der Waals surface area contributed by atoms with Crippen LogP contribution >= 0.6 is 0 Å². The number of urea groups is 1. The van der Waals surface area contributed by atoms with Gasteiger partial charge in [0.05, 0.1) is 25.2 Å². The highest BCUT2D eigenvalue weighted by atomic mass is 16.7. The van der Waals surface area contributed by atoms with E-state index in [1.807, 2.05) is 20.8 Å². The molecule has 0 aromatic heterocycles. The summed E-state index contributed by atoms with van der Waals surface area (Å²) in [4.78, 5) is 64.9. The van der Waals surface area contributed by atoms with E-state index in [9.17, 15) is 29.1 Å². The average molecular weight is 608 g/mol. The molecule has 4 amide bonds. The molecule has 4 aliphatic rings. The van der Waals surface area contributed by atoms with Gasteiger partial charge in [0, 0.05) is 6.54 Å². The molecule has 1 aliphatic heterocycles. The summed E-state index contributed by atoms with van der Waals surface area (Å²) in [6, 6.07) is -3.54. The average Bonchev–Trinajstić information content (AvgIpc) is 3.74. The van der Waals surface area contributed by atoms with E-state index in [1.165, 1.54) is 7.11 Å². The summed E-state index contributed by atoms with van der Waals surface area (Å²) in [6.07, 6.45) is 2.97. The number of ether oxygens (including phenoxy) is 2. The summed E-state index contributed by atoms with van der Waals surface area (Å²) in [5.41, 5.74) is 4.49. The summed E-state index contributed by atoms with van der Waals surface area (Å²) in [5.74, 6) is -1.65. The van der Waals surface area contributed by atoms with Gasteiger partial charge in [-0.3, -0.25) is 19.7 Å². The molecule has 1 heterocycles. The summed E-state index contributed by atoms with van der Waals surface area (Å²) < 4.78 is 9.67. The number of nitrogens with zero attached hydrogens (tertiary/aromatic N) is 1. The third-order valence-electron chi connectivity index (χ3n) is 10.0. The third-order valence-corrected chi connectivity index (χ3v) is 10.0. The fourth-order valence-corrected chi connectivity index (χ4v) is 6.87. The van der Waals surface area contributed by atoms with Crippen LogP contribution in [-0.4, -0.2) is 90.4 Å². The number of likely N-dealkylation sites (tertiary alicyclic amines) is 1. The zero-order valence-electron chi connectivity index (χ0n) is 26.2. The molecule has 4 fully saturated rings. The number of fused-ring (bicyclic) bond motifs is 1. The van der Waals surface area contributed by atoms with Crippen LogP contribution in [0.5, 0.6) is 0 Å². The number of aliphatic hydroxyl groups is 1. The highest BCUT2D eigenvalue weighted by Crippen LogP contribution is 2.65. The number of amides is 4. The second kappa shape index (κ2) is 12.6. The van der Waals surface area contributed by atoms with Gasteiger partial charge in [0.1, 0.15) is 18.9 Å². The van der Waals surface area contributed by atoms with Crippen molar-refractivity contribution in [2.45, 2.75) is 104 Å². The van der Waals surface area contributed by atoms with Crippen molar-refractivity contribution >= 4 is 29.8 Å². The predicted molar refractivity (Wildman–Crippen MR) is 155 cm³/mol. The molecule has 13 nitrogen and oxygen atoms in total. The number of Topliss-reactive ketones (excluding diaryl/α,β-unsaturated/α-hetero) is 1. The van der Waals surface area contributed by atoms with E-state index in [4.69, 9.17) is 10.5 Å². The van der Waals surface area contributed by atoms with Crippen molar-refractivity contribution in [2.24, 2.45) is 40.2 Å². The second-order valence-corrected chi connectivity index (χ2v) is 14.5. The van der Waals surface area contributed by atoms with E-state index < -0.39 is 59.7 Å². The minimum absolute atomic E-state index is 0.0304. The predicted octanol–water partition coefficient (Wildman–Crippen LogP) is 1.27. The highest BCUT2D eigenvalue weighted by Gasteiger charge is 2.69. The van der Waals surface area contributed by atoms with Crippen molar-refractivity contribution in [1.29, 1.82) is 0 Å². The number of nitrogens with two attached hydrogens (primary N) is 1. The number of nitrogens with one attached hydrogen (secondary N) is 3. The lowest BCUT2D eigenvalue weighted by atomic mass is 9.80. The van der Waals surface area contributed by atoms with Crippen LogP contribution in [-0.2, 0) is 23.9 Å². The van der Waals surface area contributed by atoms with Gasteiger partial charge in [0.2, 0.25) is 11.7 Å². The lowest BCUT2D eigenvalue weighted by Gasteiger charge is -2.40. The number of rotatable bonds is 13. The van der Waals surface area contributed by atoms with E-state index >= 15 is 0 Å². The van der Waals surface area contributed by atoms with E-state index in [0.29, 0.717) is 13.0 Å². The van der Waals surface area contributed by atoms with Gasteiger partial charge in [0.25, 0.3) is 5.91 Å². The standard InChI is InChI=1S/C30H49N5O8/c1-29(2,3)23(34-27(40)33-19(16-8-7-9-16)14-43-28(41)42-6)26(39)35-13-17-20(30(17,4)5)21(35)25(38)32-18(12-15-10-11-15)22(36)24(31)37/h15-21,23,25,32,38H,7-14H2,1-6H3,(H2,31,37)(H2,33,34,40)/t17?,18?,19-,20+,21?,23-,25?/m1/s1. The maximum atomic E-state index is 14.2. The summed E-state index contributed by atoms with van der Waals surface area (Å²) in [5, 5.41) is 20.2. The molecule has 3 saturated carbocycles. The Kier molecular flexibility index (Phi) is 9.65. The van der Waals surface area contributed by atoms with Crippen LogP contribution in [0.3, 0.4) is 0 Å². The van der Waals surface area contributed by atoms with Gasteiger partial charge in [-0.25, -0.2) is 9.59 Å². The van der Waals surface area contributed by atoms with Crippen LogP contribution in [0.1, 0.15) is 73.1 Å². The second-order valence-electron chi connectivity index (χ2n) is 14.5. The first kappa shape index (κ1) is 33.0. The first-order valence-electron chi connectivity index (χ1n) is 15.4. The largest absolute Gasteiger partial charge is 0.508 e. The molecular weight excluding hydrogens is 558 g/mol. The molecular formula is C30H49N5O8. The minimum Gasteiger partial charge on any atom is -0.438 e. The normalized spacial score (nSPS) is 27.0. The molecule has 1 saturated heterocycles. The Bertz CT molecular complexity index is 1100. The summed E-state index contributed by atoms with van der Waals surface area (Å²) in [6.45, 7) is 10.1. The van der Waals surface area contributed by atoms with Crippen molar-refractivity contribution in [1.82, 2.24) is 20.9 Å². The van der Waals surface area contributed by atoms with Gasteiger partial charge < -0.3 is 35.8 Å². The number of ketones is 1. The zero-order chi connectivity index (χ0) is 31.9. The Morgan fingerprint density at radius 2 is 1.72 bits per heavy atom. The Morgan fingerprint density at radius 1 is 1.07 bits per heavy atom. The van der Waals surface area contributed by atoms with Crippen LogP contribution in [0.2, 0.25) is 0 Å². The molecule has 13 heteroatoms. The molecule has 6 N–H and O–H groups in total. The first-order chi connectivity index (χ1) is 20.1. The molecule has 3 aliphatic carbocycles. The molecule has 0 aromatic rings. The van der Waals surface area contributed by atoms with Gasteiger partial charge in [0.15, 0.2) is 0 Å². The summed E-state index contributed by atoms with van der Waals surface area (Å²) >= 11 is 0. The molecule has 43 heavy (non-hydrogen) atoms. The van der Waals surface area contributed by atoms with Crippen molar-refractivity contribution in [3.05, 3.63) is 0 Å². The minimum atomic E-state index is -1.28. The number of piperidine rings is 1. The molecule has 7 atom stereocenters. The van der Waals surface area contributed by atoms with E-state index in [2.05, 4.69) is 34.5 Å². The number of hydrogen-bond acceptors (Lipinski definition) is 9. The van der Waals surface area contributed by atoms with E-state index in [0.717, 1.165) is 32.1 Å². The fourth-order valence-electron chi connectivity index (χ4n) is 6.87. The van der Waals surface area contributed by atoms with Crippen molar-refractivity contribution in [3.63, 3.8) is 0 Å². The fraction of sp³-hybridized carbons (Fsp3) is 0.833. The number of hydrogen-bond donors (Lipinski definition) is 5. The molecule has 0 aromatic carbocycles. The van der Waals surface area contributed by atoms with Gasteiger partial charge in [-0.2, -0.15) is 0 Å². The number of carbonyl (C=O) groups is 5. The first-order valence-corrected chi connectivity index (χ1v) is 15.4. The monoisotopic (exact) mass is 607 g/mol. The maximum absolute atomic E-state index is 14.2. The Morgan fingerprint density at radius 3 is 2.23 bits per heavy atom. The number of primary amides is 1. The molecule has 242 valence electrons. The van der Waals surface area contributed by atoms with Crippen LogP contribution in [0.25, 0.3) is 0 Å². The zero-order valence-corrected chi connectivity index (χ0v) is 26.2. The van der Waals surface area contributed by atoms with Crippen LogP contribution < -0.4 is 21.7 Å². The van der Waals surface area contributed by atoms with Crippen molar-refractivity contribution < 1.29 is 38.6 Å². The number of carbonyl (C=O) groups excluding carboxylic acids is 5. The topological polar surface area (TPSA) is 189 Å². The van der Waals surface area contributed by atoms with Gasteiger partial charge in [-0.15, -0.1) is 0 Å². The molecule has 0 spiro atoms. The summed E-state index contributed by atoms with van der Waals surface area (Å²) in [7, 11) is 1.21. The van der Waals surface area contributed by atoms with E-state index in [1.54, 1.807) is 4.90 Å². The third kappa shape index (κ3) is 7.42. The van der Waals surface area contributed by atoms with Crippen LogP contribution in [0, 0.1) is 34.5 Å². The molecule has 4 rings (SSSR count). The van der Waals surface area contributed by atoms with E-state index in [-0.39, 0.29) is 41.6 Å². The van der Waals surface area contributed by atoms with Gasteiger partial charge >= 0.3 is 12.2 Å². The number of methoxy groups -OCH3 is 1. The van der Waals surface area contributed by atoms with Gasteiger partial charge in [-0.1, -0.05) is 53.9 Å². The lowest BCUT2D eigenvalue weighted by Crippen LogP contribution is -2.63. The smallest absolute Gasteiger partial charge is 0.438 e. The molecule has 0 radical (unpaired) electrons. The highest BCUT2D eigenvalue weighted by molar-refractivity contribution is 6.37.